The van der Waals surface area contributed by atoms with Crippen molar-refractivity contribution in [1.29, 1.82) is 0 Å². The molecule has 1 fully saturated rings. The van der Waals surface area contributed by atoms with E-state index >= 15 is 0 Å². The quantitative estimate of drug-likeness (QED) is 0.412. The highest BCUT2D eigenvalue weighted by Crippen LogP contribution is 2.23. The minimum Gasteiger partial charge on any atom is -0.496 e. The zero-order valence-corrected chi connectivity index (χ0v) is 15.6. The number of nitrogens with one attached hydrogen (secondary N) is 1. The van der Waals surface area contributed by atoms with Gasteiger partial charge in [-0.15, -0.1) is 0 Å². The summed E-state index contributed by atoms with van der Waals surface area (Å²) in [5.41, 5.74) is 2.28. The lowest BCUT2D eigenvalue weighted by Gasteiger charge is -2.13. The third kappa shape index (κ3) is 5.01. The topological polar surface area (TPSA) is 60.0 Å². The predicted octanol–water partition coefficient (Wildman–Crippen LogP) is 2.33. The fraction of sp³-hybridized carbons (Fsp3) is 0.444. The second-order valence-corrected chi connectivity index (χ2v) is 5.89. The van der Waals surface area contributed by atoms with E-state index in [0.29, 0.717) is 37.2 Å². The molecule has 6 nitrogen and oxygen atoms in total. The number of ether oxygens (including phenoxy) is 3. The Labute approximate surface area is 153 Å². The van der Waals surface area contributed by atoms with Crippen LogP contribution in [0.15, 0.2) is 23.9 Å². The summed E-state index contributed by atoms with van der Waals surface area (Å²) in [4.78, 5) is 14.1. The lowest BCUT2D eigenvalue weighted by molar-refractivity contribution is -0.122. The van der Waals surface area contributed by atoms with Crippen LogP contribution in [0.1, 0.15) is 24.5 Å². The van der Waals surface area contributed by atoms with Crippen LogP contribution >= 0.6 is 12.2 Å². The van der Waals surface area contributed by atoms with Crippen LogP contribution in [0.5, 0.6) is 5.75 Å². The number of thiocarbonyl (C=S) groups is 1. The van der Waals surface area contributed by atoms with Gasteiger partial charge in [0.05, 0.1) is 13.7 Å². The van der Waals surface area contributed by atoms with Gasteiger partial charge in [0.25, 0.3) is 5.91 Å². The molecule has 1 aliphatic heterocycles. The fourth-order valence-electron chi connectivity index (χ4n) is 2.52. The summed E-state index contributed by atoms with van der Waals surface area (Å²) in [6, 6.07) is 5.72. The van der Waals surface area contributed by atoms with Crippen molar-refractivity contribution in [1.82, 2.24) is 10.2 Å². The van der Waals surface area contributed by atoms with Gasteiger partial charge in [-0.1, -0.05) is 6.07 Å². The number of carbonyl (C=O) groups is 1. The average Bonchev–Trinajstić information content (AvgIpc) is 2.87. The summed E-state index contributed by atoms with van der Waals surface area (Å²) in [6.45, 7) is 4.15. The molecule has 7 heteroatoms. The second-order valence-electron chi connectivity index (χ2n) is 5.50. The minimum absolute atomic E-state index is 0.122. The van der Waals surface area contributed by atoms with Crippen LogP contribution in [-0.2, 0) is 20.9 Å². The first-order valence-electron chi connectivity index (χ1n) is 8.18. The molecule has 1 N–H and O–H groups in total. The van der Waals surface area contributed by atoms with Gasteiger partial charge in [-0.05, 0) is 49.3 Å². The fourth-order valence-corrected chi connectivity index (χ4v) is 2.81. The van der Waals surface area contributed by atoms with Crippen molar-refractivity contribution >= 4 is 29.3 Å². The first kappa shape index (κ1) is 19.4. The molecule has 1 heterocycles. The van der Waals surface area contributed by atoms with E-state index in [-0.39, 0.29) is 5.91 Å². The second kappa shape index (κ2) is 9.50. The van der Waals surface area contributed by atoms with Crippen molar-refractivity contribution in [2.24, 2.45) is 0 Å². The Bertz CT molecular complexity index is 660. The van der Waals surface area contributed by atoms with Crippen molar-refractivity contribution in [3.05, 3.63) is 35.0 Å². The van der Waals surface area contributed by atoms with Crippen molar-refractivity contribution in [2.45, 2.75) is 20.0 Å². The number of amides is 1. The molecule has 1 amide bonds. The first-order chi connectivity index (χ1) is 12.1. The van der Waals surface area contributed by atoms with Crippen LogP contribution in [0.4, 0.5) is 0 Å². The number of hydrogen-bond acceptors (Lipinski definition) is 5. The molecular weight excluding hydrogens is 340 g/mol. The Morgan fingerprint density at radius 2 is 2.12 bits per heavy atom. The molecule has 0 aliphatic carbocycles. The summed E-state index contributed by atoms with van der Waals surface area (Å²) in [7, 11) is 3.26. The molecule has 1 aromatic carbocycles. The number of rotatable bonds is 9. The highest BCUT2D eigenvalue weighted by molar-refractivity contribution is 7.80. The largest absolute Gasteiger partial charge is 0.496 e. The number of benzene rings is 1. The van der Waals surface area contributed by atoms with Gasteiger partial charge in [0.1, 0.15) is 11.4 Å². The van der Waals surface area contributed by atoms with Gasteiger partial charge >= 0.3 is 0 Å². The Hall–Kier alpha value is -1.96. The van der Waals surface area contributed by atoms with Crippen molar-refractivity contribution in [2.75, 3.05) is 34.0 Å². The highest BCUT2D eigenvalue weighted by atomic mass is 32.1. The summed E-state index contributed by atoms with van der Waals surface area (Å²) in [5.74, 6) is 0.640. The molecule has 0 radical (unpaired) electrons. The van der Waals surface area contributed by atoms with Gasteiger partial charge in [0, 0.05) is 32.4 Å². The Morgan fingerprint density at radius 3 is 2.80 bits per heavy atom. The molecule has 0 saturated carbocycles. The molecular formula is C18H24N2O4S. The van der Waals surface area contributed by atoms with Crippen LogP contribution in [0.25, 0.3) is 6.08 Å². The van der Waals surface area contributed by atoms with E-state index in [1.807, 2.05) is 25.1 Å². The van der Waals surface area contributed by atoms with Crippen molar-refractivity contribution in [3.8, 4) is 5.75 Å². The molecule has 0 unspecified atom stereocenters. The third-order valence-electron chi connectivity index (χ3n) is 3.77. The average molecular weight is 364 g/mol. The maximum Gasteiger partial charge on any atom is 0.276 e. The normalized spacial score (nSPS) is 15.8. The summed E-state index contributed by atoms with van der Waals surface area (Å²) < 4.78 is 15.8. The molecule has 136 valence electrons. The first-order valence-corrected chi connectivity index (χ1v) is 8.59. The van der Waals surface area contributed by atoms with E-state index in [1.54, 1.807) is 25.2 Å². The maximum atomic E-state index is 12.5. The van der Waals surface area contributed by atoms with Crippen molar-refractivity contribution < 1.29 is 19.0 Å². The standard InChI is InChI=1S/C18H24N2O4S/c1-4-24-12-14-10-13(6-7-16(14)23-3)11-15-17(21)20(18(25)19-15)8-5-9-22-2/h6-7,10-11H,4-5,8-9,12H2,1-3H3,(H,19,25)/b15-11+. The molecule has 0 aromatic heterocycles. The van der Waals surface area contributed by atoms with Crippen LogP contribution in [0.2, 0.25) is 0 Å². The van der Waals surface area contributed by atoms with Crippen LogP contribution in [0, 0.1) is 0 Å². The Morgan fingerprint density at radius 1 is 1.32 bits per heavy atom. The highest BCUT2D eigenvalue weighted by Gasteiger charge is 2.29. The number of carbonyl (C=O) groups excluding carboxylic acids is 1. The molecule has 0 spiro atoms. The van der Waals surface area contributed by atoms with Gasteiger partial charge in [-0.2, -0.15) is 0 Å². The number of nitrogens with zero attached hydrogens (tertiary/aromatic N) is 1. The van der Waals surface area contributed by atoms with E-state index in [0.717, 1.165) is 23.3 Å². The SMILES string of the molecule is CCOCc1cc(/C=C2/NC(=S)N(CCCOC)C2=O)ccc1OC. The maximum absolute atomic E-state index is 12.5. The predicted molar refractivity (Wildman–Crippen MR) is 100 cm³/mol. The monoisotopic (exact) mass is 364 g/mol. The minimum atomic E-state index is -0.122. The molecule has 1 aromatic rings. The Kier molecular flexibility index (Phi) is 7.36. The van der Waals surface area contributed by atoms with Crippen LogP contribution in [-0.4, -0.2) is 49.9 Å². The van der Waals surface area contributed by atoms with Gasteiger partial charge in [0.2, 0.25) is 0 Å². The van der Waals surface area contributed by atoms with Crippen LogP contribution in [0.3, 0.4) is 0 Å². The smallest absolute Gasteiger partial charge is 0.276 e. The molecule has 0 atom stereocenters. The van der Waals surface area contributed by atoms with E-state index in [2.05, 4.69) is 5.32 Å². The third-order valence-corrected chi connectivity index (χ3v) is 4.09. The van der Waals surface area contributed by atoms with Gasteiger partial charge in [0.15, 0.2) is 5.11 Å². The molecule has 2 rings (SSSR count). The van der Waals surface area contributed by atoms with E-state index < -0.39 is 0 Å². The summed E-state index contributed by atoms with van der Waals surface area (Å²) in [6.07, 6.45) is 2.53. The van der Waals surface area contributed by atoms with Crippen molar-refractivity contribution in [3.63, 3.8) is 0 Å². The molecule has 25 heavy (non-hydrogen) atoms. The summed E-state index contributed by atoms with van der Waals surface area (Å²) >= 11 is 5.26. The van der Waals surface area contributed by atoms with Gasteiger partial charge < -0.3 is 19.5 Å². The Balaban J connectivity index is 2.16. The molecule has 0 bridgehead atoms. The molecule has 1 saturated heterocycles. The lowest BCUT2D eigenvalue weighted by Crippen LogP contribution is -2.32. The summed E-state index contributed by atoms with van der Waals surface area (Å²) in [5, 5.41) is 3.41. The number of methoxy groups -OCH3 is 2. The van der Waals surface area contributed by atoms with Crippen LogP contribution < -0.4 is 10.1 Å². The zero-order chi connectivity index (χ0) is 18.2. The van der Waals surface area contributed by atoms with E-state index in [1.165, 1.54) is 0 Å². The molecule has 1 aliphatic rings. The van der Waals surface area contributed by atoms with Gasteiger partial charge in [-0.3, -0.25) is 9.69 Å². The zero-order valence-electron chi connectivity index (χ0n) is 14.8. The van der Waals surface area contributed by atoms with E-state index in [9.17, 15) is 4.79 Å². The van der Waals surface area contributed by atoms with Gasteiger partial charge in [-0.25, -0.2) is 0 Å². The lowest BCUT2D eigenvalue weighted by atomic mass is 10.1. The van der Waals surface area contributed by atoms with E-state index in [4.69, 9.17) is 26.4 Å². The number of hydrogen-bond donors (Lipinski definition) is 1.